The smallest absolute Gasteiger partial charge is 0.312 e. The van der Waals surface area contributed by atoms with E-state index in [1.807, 2.05) is 0 Å². The second-order valence-electron chi connectivity index (χ2n) is 8.62. The standard InChI is InChI=1S/C24H21ClFNO5/c1-13(28)27-9-7-24(8-10-27)12-18(29)15-5-6-19-21(23(15)32-24)16(11-20(30)31-19)14-3-2-4-17(25)22(14)26/h2-6,16H,7-12H2,1H3. The Morgan fingerprint density at radius 2 is 1.94 bits per heavy atom. The first-order chi connectivity index (χ1) is 15.3. The first-order valence-electron chi connectivity index (χ1n) is 10.6. The number of piperidine rings is 1. The van der Waals surface area contributed by atoms with Crippen molar-refractivity contribution in [3.05, 3.63) is 57.9 Å². The number of hydrogen-bond donors (Lipinski definition) is 0. The number of carbonyl (C=O) groups excluding carboxylic acids is 3. The molecule has 3 aliphatic rings. The molecule has 0 radical (unpaired) electrons. The predicted octanol–water partition coefficient (Wildman–Crippen LogP) is 4.27. The molecule has 3 heterocycles. The van der Waals surface area contributed by atoms with Gasteiger partial charge < -0.3 is 14.4 Å². The monoisotopic (exact) mass is 457 g/mol. The average molecular weight is 458 g/mol. The number of Topliss-reactive ketones (excluding diaryl/α,β-unsaturated/α-hetero) is 1. The van der Waals surface area contributed by atoms with Crippen LogP contribution in [0.1, 0.15) is 60.0 Å². The Balaban J connectivity index is 1.61. The summed E-state index contributed by atoms with van der Waals surface area (Å²) in [5, 5.41) is -0.0436. The molecular formula is C24H21ClFNO5. The van der Waals surface area contributed by atoms with E-state index in [1.165, 1.54) is 13.0 Å². The fourth-order valence-corrected chi connectivity index (χ4v) is 5.15. The van der Waals surface area contributed by atoms with Crippen molar-refractivity contribution in [1.82, 2.24) is 4.90 Å². The Morgan fingerprint density at radius 1 is 1.19 bits per heavy atom. The van der Waals surface area contributed by atoms with E-state index < -0.39 is 23.3 Å². The molecule has 6 nitrogen and oxygen atoms in total. The van der Waals surface area contributed by atoms with Gasteiger partial charge in [0.05, 0.1) is 23.4 Å². The third kappa shape index (κ3) is 3.35. The molecule has 0 N–H and O–H groups in total. The molecule has 0 bridgehead atoms. The molecule has 2 aromatic rings. The van der Waals surface area contributed by atoms with Gasteiger partial charge >= 0.3 is 5.97 Å². The van der Waals surface area contributed by atoms with Crippen molar-refractivity contribution in [2.75, 3.05) is 13.1 Å². The number of likely N-dealkylation sites (tertiary alicyclic amines) is 1. The summed E-state index contributed by atoms with van der Waals surface area (Å²) in [6.07, 6.45) is 1.14. The van der Waals surface area contributed by atoms with Crippen molar-refractivity contribution < 1.29 is 28.2 Å². The van der Waals surface area contributed by atoms with Gasteiger partial charge in [0.1, 0.15) is 22.9 Å². The van der Waals surface area contributed by atoms with E-state index in [0.29, 0.717) is 42.8 Å². The lowest BCUT2D eigenvalue weighted by Crippen LogP contribution is -2.52. The molecule has 0 aliphatic carbocycles. The fraction of sp³-hybridized carbons (Fsp3) is 0.375. The van der Waals surface area contributed by atoms with Crippen LogP contribution in [0.2, 0.25) is 5.02 Å². The zero-order valence-corrected chi connectivity index (χ0v) is 18.2. The lowest BCUT2D eigenvalue weighted by atomic mass is 9.79. The van der Waals surface area contributed by atoms with Crippen molar-refractivity contribution in [2.24, 2.45) is 0 Å². The van der Waals surface area contributed by atoms with Gasteiger partial charge in [-0.05, 0) is 23.8 Å². The number of rotatable bonds is 1. The number of halogens is 2. The number of ketones is 1. The summed E-state index contributed by atoms with van der Waals surface area (Å²) in [5.41, 5.74) is 0.397. The van der Waals surface area contributed by atoms with E-state index >= 15 is 0 Å². The van der Waals surface area contributed by atoms with Crippen LogP contribution in [0.5, 0.6) is 11.5 Å². The van der Waals surface area contributed by atoms with E-state index in [4.69, 9.17) is 21.1 Å². The van der Waals surface area contributed by atoms with Crippen LogP contribution in [0.25, 0.3) is 0 Å². The average Bonchev–Trinajstić information content (AvgIpc) is 2.75. The molecule has 1 fully saturated rings. The quantitative estimate of drug-likeness (QED) is 0.472. The molecule has 0 aromatic heterocycles. The van der Waals surface area contributed by atoms with Gasteiger partial charge in [0, 0.05) is 44.3 Å². The second kappa shape index (κ2) is 7.59. The van der Waals surface area contributed by atoms with Crippen LogP contribution in [0.15, 0.2) is 30.3 Å². The molecule has 1 unspecified atom stereocenters. The first kappa shape index (κ1) is 20.9. The van der Waals surface area contributed by atoms with Crippen LogP contribution in [-0.2, 0) is 9.59 Å². The highest BCUT2D eigenvalue weighted by Crippen LogP contribution is 2.51. The molecule has 5 rings (SSSR count). The molecule has 166 valence electrons. The highest BCUT2D eigenvalue weighted by molar-refractivity contribution is 6.30. The topological polar surface area (TPSA) is 72.9 Å². The highest BCUT2D eigenvalue weighted by atomic mass is 35.5. The zero-order chi connectivity index (χ0) is 22.6. The van der Waals surface area contributed by atoms with Crippen LogP contribution in [0.3, 0.4) is 0 Å². The Morgan fingerprint density at radius 3 is 2.66 bits per heavy atom. The summed E-state index contributed by atoms with van der Waals surface area (Å²) in [7, 11) is 0. The maximum atomic E-state index is 15.0. The predicted molar refractivity (Wildman–Crippen MR) is 114 cm³/mol. The van der Waals surface area contributed by atoms with E-state index in [1.54, 1.807) is 29.2 Å². The van der Waals surface area contributed by atoms with Crippen molar-refractivity contribution in [3.63, 3.8) is 0 Å². The van der Waals surface area contributed by atoms with Gasteiger partial charge in [-0.25, -0.2) is 4.39 Å². The molecule has 1 saturated heterocycles. The highest BCUT2D eigenvalue weighted by Gasteiger charge is 2.46. The van der Waals surface area contributed by atoms with Crippen molar-refractivity contribution >= 4 is 29.3 Å². The SMILES string of the molecule is CC(=O)N1CCC2(CC1)CC(=O)c1ccc3c(c1O2)C(c1cccc(Cl)c1F)CC(=O)O3. The van der Waals surface area contributed by atoms with Gasteiger partial charge in [0.2, 0.25) is 5.91 Å². The van der Waals surface area contributed by atoms with Gasteiger partial charge in [0.25, 0.3) is 0 Å². The summed E-state index contributed by atoms with van der Waals surface area (Å²) >= 11 is 6.01. The number of hydrogen-bond acceptors (Lipinski definition) is 5. The van der Waals surface area contributed by atoms with Crippen LogP contribution >= 0.6 is 11.6 Å². The lowest BCUT2D eigenvalue weighted by molar-refractivity contribution is -0.135. The van der Waals surface area contributed by atoms with E-state index in [2.05, 4.69) is 0 Å². The Hall–Kier alpha value is -2.93. The van der Waals surface area contributed by atoms with E-state index in [0.717, 1.165) is 0 Å². The Kier molecular flexibility index (Phi) is 4.97. The number of amides is 1. The van der Waals surface area contributed by atoms with Crippen LogP contribution in [-0.4, -0.2) is 41.3 Å². The minimum Gasteiger partial charge on any atom is -0.485 e. The maximum absolute atomic E-state index is 15.0. The molecule has 1 atom stereocenters. The van der Waals surface area contributed by atoms with Gasteiger partial charge in [-0.3, -0.25) is 14.4 Å². The third-order valence-corrected chi connectivity index (χ3v) is 6.97. The van der Waals surface area contributed by atoms with E-state index in [9.17, 15) is 18.8 Å². The molecule has 1 amide bonds. The summed E-state index contributed by atoms with van der Waals surface area (Å²) < 4.78 is 26.9. The zero-order valence-electron chi connectivity index (χ0n) is 17.5. The fourth-order valence-electron chi connectivity index (χ4n) is 4.97. The molecule has 3 aliphatic heterocycles. The van der Waals surface area contributed by atoms with Gasteiger partial charge in [-0.1, -0.05) is 23.7 Å². The van der Waals surface area contributed by atoms with Crippen molar-refractivity contribution in [1.29, 1.82) is 0 Å². The van der Waals surface area contributed by atoms with Crippen molar-refractivity contribution in [3.8, 4) is 11.5 Å². The van der Waals surface area contributed by atoms with Crippen molar-refractivity contribution in [2.45, 2.75) is 44.1 Å². The molecule has 2 aromatic carbocycles. The Labute approximate surface area is 189 Å². The number of esters is 1. The summed E-state index contributed by atoms with van der Waals surface area (Å²) in [6, 6.07) is 7.82. The summed E-state index contributed by atoms with van der Waals surface area (Å²) in [4.78, 5) is 38.9. The van der Waals surface area contributed by atoms with Crippen LogP contribution in [0, 0.1) is 5.82 Å². The normalized spacial score (nSPS) is 21.5. The first-order valence-corrected chi connectivity index (χ1v) is 10.9. The number of ether oxygens (including phenoxy) is 2. The summed E-state index contributed by atoms with van der Waals surface area (Å²) in [5.74, 6) is -1.28. The number of benzene rings is 2. The third-order valence-electron chi connectivity index (χ3n) is 6.68. The van der Waals surface area contributed by atoms with Crippen LogP contribution < -0.4 is 9.47 Å². The van der Waals surface area contributed by atoms with Gasteiger partial charge in [0.15, 0.2) is 5.78 Å². The number of carbonyl (C=O) groups is 3. The van der Waals surface area contributed by atoms with Crippen LogP contribution in [0.4, 0.5) is 4.39 Å². The molecular weight excluding hydrogens is 437 g/mol. The second-order valence-corrected chi connectivity index (χ2v) is 9.03. The summed E-state index contributed by atoms with van der Waals surface area (Å²) in [6.45, 7) is 2.51. The van der Waals surface area contributed by atoms with E-state index in [-0.39, 0.29) is 40.9 Å². The number of fused-ring (bicyclic) bond motifs is 3. The Bertz CT molecular complexity index is 1160. The lowest BCUT2D eigenvalue weighted by Gasteiger charge is -2.45. The molecule has 0 saturated carbocycles. The minimum atomic E-state index is -0.746. The molecule has 8 heteroatoms. The molecule has 32 heavy (non-hydrogen) atoms. The maximum Gasteiger partial charge on any atom is 0.312 e. The van der Waals surface area contributed by atoms with Gasteiger partial charge in [-0.2, -0.15) is 0 Å². The van der Waals surface area contributed by atoms with Gasteiger partial charge in [-0.15, -0.1) is 0 Å². The largest absolute Gasteiger partial charge is 0.485 e. The number of nitrogens with zero attached hydrogens (tertiary/aromatic N) is 1. The molecule has 1 spiro atoms. The minimum absolute atomic E-state index is 0.0110.